The van der Waals surface area contributed by atoms with E-state index in [1.807, 2.05) is 6.92 Å². The quantitative estimate of drug-likeness (QED) is 0.873. The summed E-state index contributed by atoms with van der Waals surface area (Å²) >= 11 is 0. The highest BCUT2D eigenvalue weighted by atomic mass is 19.4. The van der Waals surface area contributed by atoms with E-state index < -0.39 is 11.7 Å². The predicted octanol–water partition coefficient (Wildman–Crippen LogP) is 4.39. The Bertz CT molecular complexity index is 506. The molecule has 2 rings (SSSR count). The van der Waals surface area contributed by atoms with Crippen LogP contribution < -0.4 is 5.32 Å². The van der Waals surface area contributed by atoms with Gasteiger partial charge in [-0.15, -0.1) is 0 Å². The van der Waals surface area contributed by atoms with Gasteiger partial charge in [0.1, 0.15) is 0 Å². The Balaban J connectivity index is 2.13. The van der Waals surface area contributed by atoms with E-state index in [2.05, 4.69) is 5.32 Å². The summed E-state index contributed by atoms with van der Waals surface area (Å²) in [7, 11) is 0. The second-order valence-electron chi connectivity index (χ2n) is 5.56. The second-order valence-corrected chi connectivity index (χ2v) is 5.56. The Hall–Kier alpha value is -1.52. The summed E-state index contributed by atoms with van der Waals surface area (Å²) in [5, 5.41) is 2.44. The van der Waals surface area contributed by atoms with Crippen molar-refractivity contribution in [3.8, 4) is 0 Å². The van der Waals surface area contributed by atoms with Gasteiger partial charge in [0.2, 0.25) is 5.91 Å². The summed E-state index contributed by atoms with van der Waals surface area (Å²) in [4.78, 5) is 11.9. The summed E-state index contributed by atoms with van der Waals surface area (Å²) in [5.41, 5.74) is -0.481. The third-order valence-corrected chi connectivity index (χ3v) is 3.78. The van der Waals surface area contributed by atoms with E-state index in [1.165, 1.54) is 6.07 Å². The van der Waals surface area contributed by atoms with E-state index >= 15 is 0 Å². The van der Waals surface area contributed by atoms with Gasteiger partial charge in [0.25, 0.3) is 0 Å². The minimum atomic E-state index is -4.46. The van der Waals surface area contributed by atoms with Crippen molar-refractivity contribution < 1.29 is 18.0 Å². The first-order chi connectivity index (χ1) is 9.29. The highest BCUT2D eigenvalue weighted by molar-refractivity contribution is 5.92. The molecular formula is C15H18F3NO. The molecule has 1 aliphatic carbocycles. The molecule has 0 aliphatic heterocycles. The summed E-state index contributed by atoms with van der Waals surface area (Å²) in [6, 6.07) is 3.91. The number of amides is 1. The lowest BCUT2D eigenvalue weighted by atomic mass is 10.0. The number of aryl methyl sites for hydroxylation is 1. The van der Waals surface area contributed by atoms with Gasteiger partial charge in [-0.25, -0.2) is 0 Å². The van der Waals surface area contributed by atoms with Gasteiger partial charge in [-0.3, -0.25) is 4.79 Å². The van der Waals surface area contributed by atoms with Crippen LogP contribution in [-0.2, 0) is 11.0 Å². The molecule has 1 aliphatic rings. The molecule has 1 fully saturated rings. The van der Waals surface area contributed by atoms with E-state index in [0.29, 0.717) is 11.5 Å². The van der Waals surface area contributed by atoms with Crippen LogP contribution in [0.15, 0.2) is 18.2 Å². The maximum absolute atomic E-state index is 12.9. The summed E-state index contributed by atoms with van der Waals surface area (Å²) in [6.07, 6.45) is -1.95. The topological polar surface area (TPSA) is 29.1 Å². The SMILES string of the molecule is Cc1cccc(C(F)(F)F)c1NC(=O)CC(C)C1CC1. The zero-order chi connectivity index (χ0) is 14.9. The van der Waals surface area contributed by atoms with Gasteiger partial charge in [0, 0.05) is 6.42 Å². The number of halogens is 3. The van der Waals surface area contributed by atoms with Crippen molar-refractivity contribution in [2.45, 2.75) is 39.3 Å². The molecule has 0 aromatic heterocycles. The number of nitrogens with one attached hydrogen (secondary N) is 1. The lowest BCUT2D eigenvalue weighted by Gasteiger charge is -2.17. The molecule has 20 heavy (non-hydrogen) atoms. The van der Waals surface area contributed by atoms with E-state index in [9.17, 15) is 18.0 Å². The van der Waals surface area contributed by atoms with Crippen molar-refractivity contribution in [2.24, 2.45) is 11.8 Å². The number of alkyl halides is 3. The molecule has 1 amide bonds. The molecule has 110 valence electrons. The highest BCUT2D eigenvalue weighted by Crippen LogP contribution is 2.39. The normalized spacial score (nSPS) is 16.9. The molecule has 1 atom stereocenters. The number of anilines is 1. The molecule has 1 aromatic rings. The Kier molecular flexibility index (Phi) is 4.06. The van der Waals surface area contributed by atoms with Crippen LogP contribution in [0.1, 0.15) is 37.3 Å². The third kappa shape index (κ3) is 3.52. The Morgan fingerprint density at radius 3 is 2.60 bits per heavy atom. The Morgan fingerprint density at radius 2 is 2.05 bits per heavy atom. The molecule has 0 radical (unpaired) electrons. The van der Waals surface area contributed by atoms with Crippen LogP contribution in [0, 0.1) is 18.8 Å². The van der Waals surface area contributed by atoms with Crippen molar-refractivity contribution >= 4 is 11.6 Å². The van der Waals surface area contributed by atoms with Gasteiger partial charge in [-0.2, -0.15) is 13.2 Å². The first kappa shape index (κ1) is 14.9. The van der Waals surface area contributed by atoms with E-state index in [0.717, 1.165) is 18.9 Å². The van der Waals surface area contributed by atoms with Crippen molar-refractivity contribution in [1.29, 1.82) is 0 Å². The summed E-state index contributed by atoms with van der Waals surface area (Å²) in [5.74, 6) is 0.442. The van der Waals surface area contributed by atoms with Crippen molar-refractivity contribution in [1.82, 2.24) is 0 Å². The number of hydrogen-bond donors (Lipinski definition) is 1. The molecule has 1 unspecified atom stereocenters. The van der Waals surface area contributed by atoms with Crippen LogP contribution in [0.5, 0.6) is 0 Å². The van der Waals surface area contributed by atoms with E-state index in [4.69, 9.17) is 0 Å². The average Bonchev–Trinajstić information content (AvgIpc) is 3.14. The number of rotatable bonds is 4. The fourth-order valence-electron chi connectivity index (χ4n) is 2.38. The molecule has 1 N–H and O–H groups in total. The van der Waals surface area contributed by atoms with Crippen LogP contribution in [-0.4, -0.2) is 5.91 Å². The Labute approximate surface area is 116 Å². The fraction of sp³-hybridized carbons (Fsp3) is 0.533. The highest BCUT2D eigenvalue weighted by Gasteiger charge is 2.35. The van der Waals surface area contributed by atoms with Crippen LogP contribution >= 0.6 is 0 Å². The smallest absolute Gasteiger partial charge is 0.325 e. The summed E-state index contributed by atoms with van der Waals surface area (Å²) in [6.45, 7) is 3.54. The van der Waals surface area contributed by atoms with E-state index in [-0.39, 0.29) is 23.9 Å². The maximum atomic E-state index is 12.9. The Morgan fingerprint density at radius 1 is 1.40 bits per heavy atom. The molecule has 0 saturated heterocycles. The van der Waals surface area contributed by atoms with Gasteiger partial charge in [-0.05, 0) is 43.2 Å². The lowest BCUT2D eigenvalue weighted by Crippen LogP contribution is -2.20. The third-order valence-electron chi connectivity index (χ3n) is 3.78. The number of carbonyl (C=O) groups is 1. The lowest BCUT2D eigenvalue weighted by molar-refractivity contribution is -0.137. The zero-order valence-corrected chi connectivity index (χ0v) is 11.6. The van der Waals surface area contributed by atoms with E-state index in [1.54, 1.807) is 13.0 Å². The summed E-state index contributed by atoms with van der Waals surface area (Å²) < 4.78 is 38.8. The van der Waals surface area contributed by atoms with Crippen LogP contribution in [0.25, 0.3) is 0 Å². The van der Waals surface area contributed by atoms with Crippen molar-refractivity contribution in [3.05, 3.63) is 29.3 Å². The van der Waals surface area contributed by atoms with Crippen molar-refractivity contribution in [2.75, 3.05) is 5.32 Å². The first-order valence-electron chi connectivity index (χ1n) is 6.75. The molecular weight excluding hydrogens is 267 g/mol. The number of benzene rings is 1. The minimum absolute atomic E-state index is 0.118. The second kappa shape index (κ2) is 5.46. The minimum Gasteiger partial charge on any atom is -0.325 e. The zero-order valence-electron chi connectivity index (χ0n) is 11.6. The standard InChI is InChI=1S/C15H18F3NO/c1-9-4-3-5-12(15(16,17)18)14(9)19-13(20)8-10(2)11-6-7-11/h3-5,10-11H,6-8H2,1-2H3,(H,19,20). The molecule has 0 heterocycles. The first-order valence-corrected chi connectivity index (χ1v) is 6.75. The van der Waals surface area contributed by atoms with Crippen LogP contribution in [0.2, 0.25) is 0 Å². The van der Waals surface area contributed by atoms with Gasteiger partial charge in [0.15, 0.2) is 0 Å². The number of para-hydroxylation sites is 1. The maximum Gasteiger partial charge on any atom is 0.418 e. The molecule has 1 saturated carbocycles. The molecule has 0 bridgehead atoms. The van der Waals surface area contributed by atoms with Gasteiger partial charge in [-0.1, -0.05) is 19.1 Å². The van der Waals surface area contributed by atoms with Crippen molar-refractivity contribution in [3.63, 3.8) is 0 Å². The van der Waals surface area contributed by atoms with Gasteiger partial charge >= 0.3 is 6.18 Å². The average molecular weight is 285 g/mol. The molecule has 1 aromatic carbocycles. The van der Waals surface area contributed by atoms with Crippen LogP contribution in [0.4, 0.5) is 18.9 Å². The molecule has 0 spiro atoms. The monoisotopic (exact) mass is 285 g/mol. The van der Waals surface area contributed by atoms with Gasteiger partial charge in [0.05, 0.1) is 11.3 Å². The molecule has 5 heteroatoms. The molecule has 2 nitrogen and oxygen atoms in total. The fourth-order valence-corrected chi connectivity index (χ4v) is 2.38. The predicted molar refractivity (Wildman–Crippen MR) is 71.3 cm³/mol. The number of carbonyl (C=O) groups excluding carboxylic acids is 1. The number of hydrogen-bond acceptors (Lipinski definition) is 1. The van der Waals surface area contributed by atoms with Gasteiger partial charge < -0.3 is 5.32 Å². The van der Waals surface area contributed by atoms with Crippen LogP contribution in [0.3, 0.4) is 0 Å². The largest absolute Gasteiger partial charge is 0.418 e.